The Labute approximate surface area is 218 Å². The van der Waals surface area contributed by atoms with E-state index in [1.165, 1.54) is 6.20 Å². The molecule has 0 bridgehead atoms. The van der Waals surface area contributed by atoms with Crippen LogP contribution in [-0.4, -0.2) is 54.6 Å². The van der Waals surface area contributed by atoms with Crippen molar-refractivity contribution in [3.05, 3.63) is 84.6 Å². The van der Waals surface area contributed by atoms with Gasteiger partial charge in [0.2, 0.25) is 5.95 Å². The van der Waals surface area contributed by atoms with E-state index < -0.39 is 5.91 Å². The van der Waals surface area contributed by atoms with Crippen LogP contribution in [0, 0.1) is 0 Å². The number of para-hydroxylation sites is 2. The zero-order valence-corrected chi connectivity index (χ0v) is 21.1. The highest BCUT2D eigenvalue weighted by Crippen LogP contribution is 2.36. The van der Waals surface area contributed by atoms with E-state index in [1.807, 2.05) is 65.3 Å². The van der Waals surface area contributed by atoms with E-state index in [0.717, 1.165) is 11.3 Å². The highest BCUT2D eigenvalue weighted by atomic mass is 16.5. The minimum absolute atomic E-state index is 0.141. The first-order chi connectivity index (χ1) is 18.4. The zero-order chi connectivity index (χ0) is 26.6. The summed E-state index contributed by atoms with van der Waals surface area (Å²) in [5, 5.41) is 12.0. The molecule has 0 spiro atoms. The van der Waals surface area contributed by atoms with E-state index >= 15 is 0 Å². The van der Waals surface area contributed by atoms with Crippen LogP contribution in [0.25, 0.3) is 17.1 Å². The van der Waals surface area contributed by atoms with Crippen molar-refractivity contribution in [1.82, 2.24) is 34.5 Å². The Morgan fingerprint density at radius 3 is 2.63 bits per heavy atom. The first-order valence-corrected chi connectivity index (χ1v) is 11.7. The van der Waals surface area contributed by atoms with E-state index in [4.69, 9.17) is 10.5 Å². The fourth-order valence-corrected chi connectivity index (χ4v) is 3.96. The molecule has 5 aromatic rings. The monoisotopic (exact) mass is 510 g/mol. The molecular weight excluding hydrogens is 484 g/mol. The highest BCUT2D eigenvalue weighted by molar-refractivity contribution is 5.98. The van der Waals surface area contributed by atoms with Gasteiger partial charge in [-0.1, -0.05) is 24.3 Å². The number of anilines is 3. The van der Waals surface area contributed by atoms with E-state index in [2.05, 4.69) is 30.5 Å². The first-order valence-electron chi connectivity index (χ1n) is 11.7. The van der Waals surface area contributed by atoms with Crippen LogP contribution in [0.5, 0.6) is 5.75 Å². The number of ether oxygens (including phenoxy) is 1. The third-order valence-corrected chi connectivity index (χ3v) is 5.77. The predicted octanol–water partition coefficient (Wildman–Crippen LogP) is 2.95. The third-order valence-electron chi connectivity index (χ3n) is 5.77. The molecular formula is C26H26N10O2. The van der Waals surface area contributed by atoms with Crippen LogP contribution >= 0.6 is 0 Å². The van der Waals surface area contributed by atoms with Crippen LogP contribution in [-0.2, 0) is 13.6 Å². The number of nitrogens with zero attached hydrogens (tertiary/aromatic N) is 8. The minimum atomic E-state index is -0.660. The first kappa shape index (κ1) is 24.4. The van der Waals surface area contributed by atoms with Crippen molar-refractivity contribution in [2.75, 3.05) is 24.4 Å². The van der Waals surface area contributed by atoms with Gasteiger partial charge in [0, 0.05) is 38.6 Å². The predicted molar refractivity (Wildman–Crippen MR) is 142 cm³/mol. The Balaban J connectivity index is 1.43. The number of amides is 1. The lowest BCUT2D eigenvalue weighted by Gasteiger charge is -2.19. The molecule has 12 heteroatoms. The number of aromatic nitrogens is 7. The topological polar surface area (TPSA) is 142 Å². The molecule has 0 atom stereocenters. The molecule has 0 aliphatic rings. The molecule has 1 amide bonds. The molecule has 3 heterocycles. The number of aryl methyl sites for hydroxylation is 1. The maximum Gasteiger partial charge on any atom is 0.254 e. The molecule has 0 fully saturated rings. The fourth-order valence-electron chi connectivity index (χ4n) is 3.96. The summed E-state index contributed by atoms with van der Waals surface area (Å²) in [6.07, 6.45) is 6.76. The second kappa shape index (κ2) is 10.4. The number of primary amides is 1. The van der Waals surface area contributed by atoms with Crippen LogP contribution in [0.15, 0.2) is 73.4 Å². The van der Waals surface area contributed by atoms with Crippen molar-refractivity contribution in [2.45, 2.75) is 6.54 Å². The van der Waals surface area contributed by atoms with Crippen molar-refractivity contribution >= 4 is 23.4 Å². The Hall–Kier alpha value is -5.26. The third kappa shape index (κ3) is 5.00. The Kier molecular flexibility index (Phi) is 6.68. The molecule has 0 saturated heterocycles. The van der Waals surface area contributed by atoms with Gasteiger partial charge in [-0.25, -0.2) is 14.6 Å². The molecule has 3 N–H and O–H groups in total. The summed E-state index contributed by atoms with van der Waals surface area (Å²) in [5.41, 5.74) is 8.95. The van der Waals surface area contributed by atoms with Gasteiger partial charge in [0.25, 0.3) is 5.91 Å². The molecule has 0 radical (unpaired) electrons. The maximum absolute atomic E-state index is 12.2. The largest absolute Gasteiger partial charge is 0.494 e. The number of nitrogens with one attached hydrogen (secondary N) is 1. The zero-order valence-electron chi connectivity index (χ0n) is 21.1. The van der Waals surface area contributed by atoms with E-state index in [-0.39, 0.29) is 11.4 Å². The molecule has 38 heavy (non-hydrogen) atoms. The molecule has 192 valence electrons. The van der Waals surface area contributed by atoms with Crippen LogP contribution in [0.2, 0.25) is 0 Å². The van der Waals surface area contributed by atoms with Gasteiger partial charge < -0.3 is 20.7 Å². The normalized spacial score (nSPS) is 10.8. The molecule has 12 nitrogen and oxygen atoms in total. The van der Waals surface area contributed by atoms with E-state index in [1.54, 1.807) is 37.4 Å². The van der Waals surface area contributed by atoms with Crippen molar-refractivity contribution in [1.29, 1.82) is 0 Å². The number of rotatable bonds is 9. The average Bonchev–Trinajstić information content (AvgIpc) is 3.58. The highest BCUT2D eigenvalue weighted by Gasteiger charge is 2.19. The Morgan fingerprint density at radius 1 is 1.11 bits per heavy atom. The van der Waals surface area contributed by atoms with Gasteiger partial charge in [0.15, 0.2) is 11.6 Å². The Morgan fingerprint density at radius 2 is 1.92 bits per heavy atom. The molecule has 0 unspecified atom stereocenters. The SMILES string of the molecule is COc1c(Nc2nc(N(C)Cc3cnn(-c4ccccc4)c3)ncc2C(N)=O)cccc1-c1ncn(C)n1. The van der Waals surface area contributed by atoms with Crippen LogP contribution in [0.1, 0.15) is 15.9 Å². The Bertz CT molecular complexity index is 1580. The number of benzene rings is 2. The van der Waals surface area contributed by atoms with Gasteiger partial charge in [0.1, 0.15) is 17.7 Å². The second-order valence-corrected chi connectivity index (χ2v) is 8.53. The summed E-state index contributed by atoms with van der Waals surface area (Å²) in [5.74, 6) is 0.982. The number of carbonyl (C=O) groups excluding carboxylic acids is 1. The fraction of sp³-hybridized carbons (Fsp3) is 0.154. The second-order valence-electron chi connectivity index (χ2n) is 8.53. The van der Waals surface area contributed by atoms with Crippen molar-refractivity contribution in [2.24, 2.45) is 12.8 Å². The standard InChI is InChI=1S/C26H26N10O2/c1-34(14-17-12-30-36(15-17)18-8-5-4-6-9-18)26-28-13-20(23(27)37)25(32-26)31-21-11-7-10-19(22(21)38-3)24-29-16-35(2)33-24/h4-13,15-16H,14H2,1-3H3,(H2,27,37)(H,28,31,32). The van der Waals surface area contributed by atoms with Gasteiger partial charge in [-0.3, -0.25) is 9.48 Å². The molecule has 0 aliphatic heterocycles. The summed E-state index contributed by atoms with van der Waals surface area (Å²) in [6, 6.07) is 15.3. The molecule has 5 rings (SSSR count). The lowest BCUT2D eigenvalue weighted by molar-refractivity contribution is 0.100. The molecule has 3 aromatic heterocycles. The van der Waals surface area contributed by atoms with Crippen LogP contribution in [0.4, 0.5) is 17.5 Å². The number of carbonyl (C=O) groups is 1. The molecule has 0 aliphatic carbocycles. The smallest absolute Gasteiger partial charge is 0.254 e. The van der Waals surface area contributed by atoms with Gasteiger partial charge >= 0.3 is 0 Å². The lowest BCUT2D eigenvalue weighted by Crippen LogP contribution is -2.21. The average molecular weight is 511 g/mol. The summed E-state index contributed by atoms with van der Waals surface area (Å²) < 4.78 is 9.09. The number of nitrogens with two attached hydrogens (primary N) is 1. The summed E-state index contributed by atoms with van der Waals surface area (Å²) in [4.78, 5) is 27.3. The van der Waals surface area contributed by atoms with Gasteiger partial charge in [0.05, 0.1) is 30.2 Å². The quantitative estimate of drug-likeness (QED) is 0.306. The maximum atomic E-state index is 12.2. The van der Waals surface area contributed by atoms with Crippen molar-refractivity contribution in [3.8, 4) is 22.8 Å². The van der Waals surface area contributed by atoms with Gasteiger partial charge in [-0.05, 0) is 24.3 Å². The number of hydrogen-bond donors (Lipinski definition) is 2. The van der Waals surface area contributed by atoms with Crippen molar-refractivity contribution < 1.29 is 9.53 Å². The van der Waals surface area contributed by atoms with Gasteiger partial charge in [-0.2, -0.15) is 15.2 Å². The van der Waals surface area contributed by atoms with Gasteiger partial charge in [-0.15, -0.1) is 0 Å². The number of methoxy groups -OCH3 is 1. The van der Waals surface area contributed by atoms with Crippen molar-refractivity contribution in [3.63, 3.8) is 0 Å². The summed E-state index contributed by atoms with van der Waals surface area (Å²) in [7, 11) is 5.20. The molecule has 0 saturated carbocycles. The van der Waals surface area contributed by atoms with Crippen LogP contribution < -0.4 is 20.7 Å². The number of hydrogen-bond acceptors (Lipinski definition) is 9. The van der Waals surface area contributed by atoms with E-state index in [9.17, 15) is 4.79 Å². The van der Waals surface area contributed by atoms with Crippen LogP contribution in [0.3, 0.4) is 0 Å². The summed E-state index contributed by atoms with van der Waals surface area (Å²) in [6.45, 7) is 0.492. The molecule has 2 aromatic carbocycles. The lowest BCUT2D eigenvalue weighted by atomic mass is 10.1. The van der Waals surface area contributed by atoms with E-state index in [0.29, 0.717) is 35.3 Å². The summed E-state index contributed by atoms with van der Waals surface area (Å²) >= 11 is 0. The minimum Gasteiger partial charge on any atom is -0.494 e.